The van der Waals surface area contributed by atoms with Crippen molar-refractivity contribution >= 4 is 110 Å². The third kappa shape index (κ3) is 10.6. The quantitative estimate of drug-likeness (QED) is 0.0675. The van der Waals surface area contributed by atoms with Gasteiger partial charge in [0.25, 0.3) is 0 Å². The normalized spacial score (nSPS) is 13.3. The minimum Gasteiger partial charge on any atom is -0.456 e. The van der Waals surface area contributed by atoms with Crippen molar-refractivity contribution in [2.75, 3.05) is 0 Å². The molecule has 0 aliphatic carbocycles. The molecule has 0 aliphatic heterocycles. The number of benzene rings is 14. The first kappa shape index (κ1) is 45.5. The molecule has 0 amide bonds. The Kier molecular flexibility index (Phi) is 11.9. The molecule has 0 bridgehead atoms. The summed E-state index contributed by atoms with van der Waals surface area (Å²) in [5.41, 5.74) is 4.93. The summed E-state index contributed by atoms with van der Waals surface area (Å²) in [7, 11) is -7.46. The van der Waals surface area contributed by atoms with Gasteiger partial charge in [0.2, 0.25) is 0 Å². The molecule has 0 radical (unpaired) electrons. The summed E-state index contributed by atoms with van der Waals surface area (Å²) in [6.07, 6.45) is 0. The van der Waals surface area contributed by atoms with Crippen molar-refractivity contribution in [1.29, 1.82) is 0 Å². The zero-order valence-electron chi connectivity index (χ0n) is 56.5. The molecule has 12 heteroatoms. The van der Waals surface area contributed by atoms with Crippen LogP contribution in [0.4, 0.5) is 13.2 Å². The summed E-state index contributed by atoms with van der Waals surface area (Å²) in [5, 5.41) is 29.0. The highest BCUT2D eigenvalue weighted by Gasteiger charge is 2.48. The van der Waals surface area contributed by atoms with E-state index in [9.17, 15) is 31.6 Å². The van der Waals surface area contributed by atoms with Crippen LogP contribution in [0.5, 0.6) is 5.75 Å². The van der Waals surface area contributed by atoms with Crippen LogP contribution < -0.4 is 9.65 Å². The minimum atomic E-state index is -5.74. The Bertz CT molecular complexity index is 5920. The van der Waals surface area contributed by atoms with Crippen molar-refractivity contribution in [3.05, 3.63) is 291 Å². The van der Waals surface area contributed by atoms with E-state index in [1.54, 1.807) is 54.6 Å². The van der Waals surface area contributed by atoms with E-state index in [1.165, 1.54) is 12.1 Å². The fourth-order valence-corrected chi connectivity index (χ4v) is 12.2. The lowest BCUT2D eigenvalue weighted by Crippen LogP contribution is -2.31. The van der Waals surface area contributed by atoms with Gasteiger partial charge in [-0.1, -0.05) is 236 Å². The Labute approximate surface area is 523 Å². The number of hydrogen-bond acceptors (Lipinski definition) is 7. The second kappa shape index (κ2) is 23.2. The Morgan fingerprint density at radius 3 is 1.04 bits per heavy atom. The van der Waals surface area contributed by atoms with E-state index in [1.807, 2.05) is 121 Å². The average molecular weight is 1200 g/mol. The van der Waals surface area contributed by atoms with E-state index in [4.69, 9.17) is 22.5 Å². The third-order valence-corrected chi connectivity index (χ3v) is 16.5. The predicted molar refractivity (Wildman–Crippen MR) is 357 cm³/mol. The molecule has 14 aromatic carbocycles. The summed E-state index contributed by atoms with van der Waals surface area (Å²) in [5.74, 6) is -0.437. The van der Waals surface area contributed by atoms with Crippen LogP contribution in [-0.4, -0.2) is 31.1 Å². The van der Waals surface area contributed by atoms with E-state index >= 15 is 0 Å². The highest BCUT2D eigenvalue weighted by molar-refractivity contribution is 7.88. The maximum atomic E-state index is 12.5. The molecule has 0 aliphatic rings. The number of furan rings is 2. The molecule has 0 fully saturated rings. The highest BCUT2D eigenvalue weighted by Crippen LogP contribution is 2.46. The van der Waals surface area contributed by atoms with Crippen molar-refractivity contribution in [3.8, 4) is 61.4 Å². The van der Waals surface area contributed by atoms with E-state index < -0.39 is 52.7 Å². The van der Waals surface area contributed by atoms with Crippen molar-refractivity contribution < 1.29 is 58.4 Å². The summed E-state index contributed by atoms with van der Waals surface area (Å²) in [6.45, 7) is 0. The fourth-order valence-electron chi connectivity index (χ4n) is 11.7. The molecular weight excluding hydrogens is 1140 g/mol. The van der Waals surface area contributed by atoms with Crippen LogP contribution in [0.25, 0.3) is 143 Å². The number of hydrogen-bond donors (Lipinski definition) is 2. The minimum absolute atomic E-state index is 0.0948. The monoisotopic (exact) mass is 1200 g/mol. The maximum absolute atomic E-state index is 12.5. The fraction of sp³-hybridized carbons (Fsp3) is 0.0130. The number of fused-ring (bicyclic) bond motifs is 10. The second-order valence-corrected chi connectivity index (χ2v) is 22.3. The van der Waals surface area contributed by atoms with Crippen molar-refractivity contribution in [3.63, 3.8) is 0 Å². The molecule has 2 heterocycles. The molecule has 2 aromatic heterocycles. The Morgan fingerprint density at radius 1 is 0.348 bits per heavy atom. The molecule has 16 rings (SSSR count). The van der Waals surface area contributed by atoms with Gasteiger partial charge in [-0.05, 0) is 159 Å². The zero-order chi connectivity index (χ0) is 69.5. The SMILES string of the molecule is O=S(=O)(Oc1ccc2oc3ccc(-c4ccccc4)cc3c2c1)C(F)(F)F.[2H]c1c([2H])c([2H])c(-c2c3ccccc3c(-c3ccc4oc5ccc(-c6ccccc6)cc5c4c3)c3ccccc23)c([2H])c1[2H].[2H]c1c([2H])c([2H])c(-c2c3ccccc3c(B(O)O)c3ccccc23)c([2H])c1[2H]. The first-order valence-corrected chi connectivity index (χ1v) is 29.3. The Morgan fingerprint density at radius 2 is 0.663 bits per heavy atom. The van der Waals surface area contributed by atoms with Crippen LogP contribution >= 0.6 is 0 Å². The van der Waals surface area contributed by atoms with Crippen molar-refractivity contribution in [2.24, 2.45) is 0 Å². The molecule has 2 N–H and O–H groups in total. The van der Waals surface area contributed by atoms with E-state index in [0.29, 0.717) is 60.1 Å². The summed E-state index contributed by atoms with van der Waals surface area (Å²) in [4.78, 5) is 0. The molecule has 0 saturated heterocycles. The molecule has 0 atom stereocenters. The van der Waals surface area contributed by atoms with Crippen LogP contribution in [0.2, 0.25) is 0 Å². The maximum Gasteiger partial charge on any atom is 0.534 e. The largest absolute Gasteiger partial charge is 0.534 e. The molecule has 0 spiro atoms. The van der Waals surface area contributed by atoms with Gasteiger partial charge in [-0.25, -0.2) is 0 Å². The number of alkyl halides is 3. The molecule has 16 aromatic rings. The van der Waals surface area contributed by atoms with Gasteiger partial charge in [-0.15, -0.1) is 0 Å². The van der Waals surface area contributed by atoms with Gasteiger partial charge in [0.05, 0.1) is 13.7 Å². The standard InChI is InChI=1S/C38H24O.C20H15BO2.C19H11F3O4S/c1-3-11-25(12-4-1)27-19-21-35-33(23-27)34-24-28(20-22-36(34)39-35)38-31-17-9-7-15-29(31)37(26-13-5-2-6-14-26)30-16-8-10-18-32(30)38;22-21(23)20-17-12-6-4-10-15(17)19(14-8-2-1-3-9-14)16-11-5-7-13-18(16)20;20-19(21,22)27(23,24)26-14-7-9-18-16(11-14)15-10-13(6-8-17(15)25-18)12-4-2-1-3-5-12/h1-24H;1-13,22-23H;1-11H/i2D,5D,6D,13D,14D;1D,2D,3D,8D,9D;. The first-order chi connectivity index (χ1) is 47.5. The van der Waals surface area contributed by atoms with Gasteiger partial charge in [-0.3, -0.25) is 0 Å². The van der Waals surface area contributed by atoms with E-state index in [2.05, 4.69) is 40.6 Å². The van der Waals surface area contributed by atoms with Gasteiger partial charge < -0.3 is 23.1 Å². The predicted octanol–water partition coefficient (Wildman–Crippen LogP) is 19.7. The van der Waals surface area contributed by atoms with Gasteiger partial charge in [0.1, 0.15) is 28.1 Å². The van der Waals surface area contributed by atoms with Gasteiger partial charge in [-0.2, -0.15) is 21.6 Å². The van der Waals surface area contributed by atoms with Crippen molar-refractivity contribution in [1.82, 2.24) is 0 Å². The smallest absolute Gasteiger partial charge is 0.456 e. The highest BCUT2D eigenvalue weighted by atomic mass is 32.2. The zero-order valence-corrected chi connectivity index (χ0v) is 47.3. The van der Waals surface area contributed by atoms with E-state index in [0.717, 1.165) is 82.9 Å². The van der Waals surface area contributed by atoms with Crippen LogP contribution in [-0.2, 0) is 10.1 Å². The topological polar surface area (TPSA) is 110 Å². The Hall–Kier alpha value is -10.8. The summed E-state index contributed by atoms with van der Waals surface area (Å²) < 4.78 is 159. The van der Waals surface area contributed by atoms with Gasteiger partial charge >= 0.3 is 22.7 Å². The number of halogens is 3. The lowest BCUT2D eigenvalue weighted by atomic mass is 9.72. The van der Waals surface area contributed by atoms with Crippen LogP contribution in [0.15, 0.2) is 300 Å². The van der Waals surface area contributed by atoms with Crippen molar-refractivity contribution in [2.45, 2.75) is 5.51 Å². The molecular formula is C77H50BF3O7S. The van der Waals surface area contributed by atoms with Gasteiger partial charge in [0, 0.05) is 21.5 Å². The number of rotatable bonds is 8. The summed E-state index contributed by atoms with van der Waals surface area (Å²) >= 11 is 0. The third-order valence-electron chi connectivity index (χ3n) is 15.6. The Balaban J connectivity index is 0.000000133. The van der Waals surface area contributed by atoms with Crippen LogP contribution in [0.1, 0.15) is 13.7 Å². The first-order valence-electron chi connectivity index (χ1n) is 32.9. The lowest BCUT2D eigenvalue weighted by Gasteiger charge is -2.17. The van der Waals surface area contributed by atoms with E-state index in [-0.39, 0.29) is 47.4 Å². The lowest BCUT2D eigenvalue weighted by molar-refractivity contribution is -0.0500. The molecule has 89 heavy (non-hydrogen) atoms. The van der Waals surface area contributed by atoms with Gasteiger partial charge in [0.15, 0.2) is 0 Å². The second-order valence-electron chi connectivity index (χ2n) is 20.8. The molecule has 430 valence electrons. The molecule has 0 saturated carbocycles. The van der Waals surface area contributed by atoms with Crippen LogP contribution in [0, 0.1) is 0 Å². The summed E-state index contributed by atoms with van der Waals surface area (Å²) in [6, 6.07) is 68.0. The van der Waals surface area contributed by atoms with Crippen LogP contribution in [0.3, 0.4) is 0 Å². The average Bonchev–Trinajstić information content (AvgIpc) is 1.30. The molecule has 0 unspecified atom stereocenters. The molecule has 7 nitrogen and oxygen atoms in total.